The van der Waals surface area contributed by atoms with Crippen LogP contribution in [0.25, 0.3) is 0 Å². The molecule has 2 unspecified atom stereocenters. The van der Waals surface area contributed by atoms with Gasteiger partial charge in [0.2, 0.25) is 15.0 Å². The Balaban J connectivity index is 2.55. The maximum absolute atomic E-state index is 11.8. The Hall–Kier alpha value is -0.290. The summed E-state index contributed by atoms with van der Waals surface area (Å²) in [5, 5.41) is -0.727. The molecule has 0 N–H and O–H groups in total. The first-order chi connectivity index (χ1) is 8.38. The summed E-state index contributed by atoms with van der Waals surface area (Å²) in [7, 11) is 1.70. The summed E-state index contributed by atoms with van der Waals surface area (Å²) in [6.45, 7) is 5.17. The van der Waals surface area contributed by atoms with Gasteiger partial charge < -0.3 is 4.90 Å². The van der Waals surface area contributed by atoms with Gasteiger partial charge in [-0.3, -0.25) is 4.79 Å². The summed E-state index contributed by atoms with van der Waals surface area (Å²) in [6, 6.07) is 0. The van der Waals surface area contributed by atoms with E-state index in [9.17, 15) is 13.2 Å². The van der Waals surface area contributed by atoms with Crippen molar-refractivity contribution in [2.24, 2.45) is 5.92 Å². The molecule has 0 spiro atoms. The lowest BCUT2D eigenvalue weighted by atomic mass is 9.99. The monoisotopic (exact) mass is 295 g/mol. The molecule has 1 heterocycles. The number of likely N-dealkylation sites (tertiary alicyclic amines) is 1. The number of hydrogen-bond donors (Lipinski definition) is 0. The number of rotatable bonds is 7. The van der Waals surface area contributed by atoms with E-state index in [4.69, 9.17) is 10.7 Å². The number of nitrogens with zero attached hydrogens (tertiary/aromatic N) is 1. The van der Waals surface area contributed by atoms with Crippen molar-refractivity contribution in [2.45, 2.75) is 51.2 Å². The maximum atomic E-state index is 11.8. The van der Waals surface area contributed by atoms with E-state index in [-0.39, 0.29) is 18.9 Å². The minimum absolute atomic E-state index is 0.0377. The zero-order valence-electron chi connectivity index (χ0n) is 11.1. The molecule has 4 nitrogen and oxygen atoms in total. The maximum Gasteiger partial charge on any atom is 0.237 e. The smallest absolute Gasteiger partial charge is 0.237 e. The van der Waals surface area contributed by atoms with E-state index in [1.807, 2.05) is 0 Å². The summed E-state index contributed by atoms with van der Waals surface area (Å²) in [5.41, 5.74) is 0. The number of carbonyl (C=O) groups excluding carboxylic acids is 1. The number of halogens is 1. The first-order valence-electron chi connectivity index (χ1n) is 6.59. The van der Waals surface area contributed by atoms with Gasteiger partial charge in [-0.25, -0.2) is 8.42 Å². The van der Waals surface area contributed by atoms with E-state index >= 15 is 0 Å². The van der Waals surface area contributed by atoms with Crippen LogP contribution in [0.2, 0.25) is 0 Å². The minimum Gasteiger partial charge on any atom is -0.341 e. The van der Waals surface area contributed by atoms with E-state index in [0.29, 0.717) is 12.5 Å². The van der Waals surface area contributed by atoms with Crippen molar-refractivity contribution >= 4 is 25.6 Å². The number of carbonyl (C=O) groups is 1. The van der Waals surface area contributed by atoms with Gasteiger partial charge >= 0.3 is 0 Å². The second kappa shape index (κ2) is 6.75. The van der Waals surface area contributed by atoms with Gasteiger partial charge in [0.25, 0.3) is 0 Å². The van der Waals surface area contributed by atoms with Crippen LogP contribution in [0.1, 0.15) is 46.0 Å². The predicted molar refractivity (Wildman–Crippen MR) is 73.1 cm³/mol. The highest BCUT2D eigenvalue weighted by atomic mass is 35.7. The van der Waals surface area contributed by atoms with E-state index in [1.165, 1.54) is 0 Å². The van der Waals surface area contributed by atoms with E-state index < -0.39 is 14.3 Å². The lowest BCUT2D eigenvalue weighted by Crippen LogP contribution is -2.32. The van der Waals surface area contributed by atoms with Crippen molar-refractivity contribution in [3.8, 4) is 0 Å². The van der Waals surface area contributed by atoms with Crippen molar-refractivity contribution in [1.82, 2.24) is 4.90 Å². The molecule has 1 fully saturated rings. The first-order valence-corrected chi connectivity index (χ1v) is 8.97. The highest BCUT2D eigenvalue weighted by molar-refractivity contribution is 8.14. The topological polar surface area (TPSA) is 54.5 Å². The van der Waals surface area contributed by atoms with Crippen LogP contribution >= 0.6 is 10.7 Å². The van der Waals surface area contributed by atoms with Crippen LogP contribution in [0.5, 0.6) is 0 Å². The van der Waals surface area contributed by atoms with Gasteiger partial charge in [0.1, 0.15) is 5.25 Å². The summed E-state index contributed by atoms with van der Waals surface area (Å²) in [6.07, 6.45) is 4.44. The van der Waals surface area contributed by atoms with Crippen molar-refractivity contribution in [1.29, 1.82) is 0 Å². The van der Waals surface area contributed by atoms with Gasteiger partial charge in [0.05, 0.1) is 0 Å². The van der Waals surface area contributed by atoms with Gasteiger partial charge in [-0.15, -0.1) is 0 Å². The molecule has 2 atom stereocenters. The molecule has 1 aliphatic heterocycles. The quantitative estimate of drug-likeness (QED) is 0.678. The van der Waals surface area contributed by atoms with Gasteiger partial charge in [-0.2, -0.15) is 0 Å². The second-order valence-electron chi connectivity index (χ2n) is 5.02. The third-order valence-electron chi connectivity index (χ3n) is 3.60. The number of hydrogen-bond acceptors (Lipinski definition) is 3. The molecular formula is C12H22ClNO3S. The minimum atomic E-state index is -3.62. The van der Waals surface area contributed by atoms with E-state index in [0.717, 1.165) is 25.7 Å². The normalized spacial score (nSPS) is 22.5. The molecule has 6 heteroatoms. The molecule has 0 aromatic heterocycles. The Labute approximate surface area is 114 Å². The third-order valence-corrected chi connectivity index (χ3v) is 5.47. The fourth-order valence-corrected chi connectivity index (χ4v) is 3.39. The Morgan fingerprint density at radius 2 is 2.11 bits per heavy atom. The zero-order chi connectivity index (χ0) is 13.8. The molecule has 1 amide bonds. The highest BCUT2D eigenvalue weighted by Crippen LogP contribution is 2.24. The van der Waals surface area contributed by atoms with Crippen LogP contribution in [0.3, 0.4) is 0 Å². The molecule has 18 heavy (non-hydrogen) atoms. The highest BCUT2D eigenvalue weighted by Gasteiger charge is 2.37. The molecule has 1 aliphatic rings. The third kappa shape index (κ3) is 4.43. The Kier molecular flexibility index (Phi) is 5.92. The molecule has 0 aliphatic carbocycles. The van der Waals surface area contributed by atoms with E-state index in [2.05, 4.69) is 13.8 Å². The molecule has 0 radical (unpaired) electrons. The van der Waals surface area contributed by atoms with Gasteiger partial charge in [0.15, 0.2) is 0 Å². The van der Waals surface area contributed by atoms with Crippen LogP contribution in [-0.4, -0.2) is 37.6 Å². The average Bonchev–Trinajstić information content (AvgIpc) is 2.66. The standard InChI is InChI=1S/C12H22ClNO3S/c1-3-5-6-10(4-2)8-14-9-11(7-12(14)15)18(13,16)17/h10-11H,3-9H2,1-2H3. The van der Waals surface area contributed by atoms with Crippen LogP contribution in [0.15, 0.2) is 0 Å². The number of amides is 1. The molecule has 0 aromatic rings. The predicted octanol–water partition coefficient (Wildman–Crippen LogP) is 2.37. The largest absolute Gasteiger partial charge is 0.341 e. The average molecular weight is 296 g/mol. The lowest BCUT2D eigenvalue weighted by molar-refractivity contribution is -0.128. The fourth-order valence-electron chi connectivity index (χ4n) is 2.33. The lowest BCUT2D eigenvalue weighted by Gasteiger charge is -2.22. The van der Waals surface area contributed by atoms with Crippen molar-refractivity contribution < 1.29 is 13.2 Å². The van der Waals surface area contributed by atoms with E-state index in [1.54, 1.807) is 4.90 Å². The van der Waals surface area contributed by atoms with Crippen molar-refractivity contribution in [3.63, 3.8) is 0 Å². The molecule has 0 aromatic carbocycles. The molecular weight excluding hydrogens is 274 g/mol. The summed E-state index contributed by atoms with van der Waals surface area (Å²) >= 11 is 0. The van der Waals surface area contributed by atoms with Gasteiger partial charge in [0, 0.05) is 30.2 Å². The molecule has 1 rings (SSSR count). The van der Waals surface area contributed by atoms with Gasteiger partial charge in [-0.1, -0.05) is 33.1 Å². The van der Waals surface area contributed by atoms with Crippen molar-refractivity contribution in [3.05, 3.63) is 0 Å². The summed E-state index contributed by atoms with van der Waals surface area (Å²) in [4.78, 5) is 13.4. The summed E-state index contributed by atoms with van der Waals surface area (Å²) in [5.74, 6) is 0.379. The number of unbranched alkanes of at least 4 members (excludes halogenated alkanes) is 1. The summed E-state index contributed by atoms with van der Waals surface area (Å²) < 4.78 is 22.5. The SMILES string of the molecule is CCCCC(CC)CN1CC(S(=O)(=O)Cl)CC1=O. The second-order valence-corrected chi connectivity index (χ2v) is 7.93. The van der Waals surface area contributed by atoms with Crippen LogP contribution in [-0.2, 0) is 13.8 Å². The Morgan fingerprint density at radius 3 is 2.56 bits per heavy atom. The zero-order valence-corrected chi connectivity index (χ0v) is 12.6. The Bertz CT molecular complexity index is 383. The van der Waals surface area contributed by atoms with Crippen molar-refractivity contribution in [2.75, 3.05) is 13.1 Å². The van der Waals surface area contributed by atoms with Crippen LogP contribution in [0, 0.1) is 5.92 Å². The fraction of sp³-hybridized carbons (Fsp3) is 0.917. The molecule has 0 bridgehead atoms. The van der Waals surface area contributed by atoms with Crippen LogP contribution < -0.4 is 0 Å². The molecule has 106 valence electrons. The first kappa shape index (κ1) is 15.8. The Morgan fingerprint density at radius 1 is 1.44 bits per heavy atom. The van der Waals surface area contributed by atoms with Crippen LogP contribution in [0.4, 0.5) is 0 Å². The molecule has 1 saturated heterocycles. The molecule has 0 saturated carbocycles. The van der Waals surface area contributed by atoms with Gasteiger partial charge in [-0.05, 0) is 12.3 Å².